The molecule has 1 aliphatic heterocycles. The summed E-state index contributed by atoms with van der Waals surface area (Å²) in [6, 6.07) is 6.03. The molecule has 3 N–H and O–H groups in total. The van der Waals surface area contributed by atoms with Crippen LogP contribution in [0.4, 0.5) is 11.6 Å². The highest BCUT2D eigenvalue weighted by Crippen LogP contribution is 2.27. The Kier molecular flexibility index (Phi) is 1.65. The number of hydrogen-bond donors (Lipinski definition) is 2. The fourth-order valence-electron chi connectivity index (χ4n) is 1.79. The molecular formula is C10H10N4O. The molecule has 3 rings (SSSR count). The van der Waals surface area contributed by atoms with Crippen LogP contribution in [0.2, 0.25) is 0 Å². The Labute approximate surface area is 86.3 Å². The van der Waals surface area contributed by atoms with E-state index in [2.05, 4.69) is 21.5 Å². The van der Waals surface area contributed by atoms with E-state index >= 15 is 0 Å². The molecule has 0 aliphatic carbocycles. The molecule has 0 unspecified atom stereocenters. The molecule has 0 radical (unpaired) electrons. The summed E-state index contributed by atoms with van der Waals surface area (Å²) in [5, 5.41) is 6.86. The predicted octanol–water partition coefficient (Wildman–Crippen LogP) is 1.29. The minimum absolute atomic E-state index is 0.170. The van der Waals surface area contributed by atoms with Crippen LogP contribution in [-0.4, -0.2) is 16.7 Å². The number of hydrogen-bond acceptors (Lipinski definition) is 5. The average molecular weight is 202 g/mol. The third-order valence-electron chi connectivity index (χ3n) is 2.50. The van der Waals surface area contributed by atoms with E-state index in [9.17, 15) is 0 Å². The summed E-state index contributed by atoms with van der Waals surface area (Å²) in [5.74, 6) is 0.644. The van der Waals surface area contributed by atoms with Gasteiger partial charge in [-0.3, -0.25) is 0 Å². The first-order valence-corrected chi connectivity index (χ1v) is 4.79. The van der Waals surface area contributed by atoms with Crippen molar-refractivity contribution >= 4 is 11.6 Å². The van der Waals surface area contributed by atoms with E-state index in [-0.39, 0.29) is 5.95 Å². The molecule has 1 aromatic carbocycles. The summed E-state index contributed by atoms with van der Waals surface area (Å²) < 4.78 is 5.00. The van der Waals surface area contributed by atoms with Crippen molar-refractivity contribution in [2.24, 2.45) is 0 Å². The molecule has 5 nitrogen and oxygen atoms in total. The van der Waals surface area contributed by atoms with Crippen molar-refractivity contribution in [3.63, 3.8) is 0 Å². The number of fused-ring (bicyclic) bond motifs is 1. The van der Waals surface area contributed by atoms with Gasteiger partial charge >= 0.3 is 0 Å². The lowest BCUT2D eigenvalue weighted by molar-refractivity contribution is 0.433. The van der Waals surface area contributed by atoms with Crippen molar-refractivity contribution in [2.45, 2.75) is 6.42 Å². The van der Waals surface area contributed by atoms with Crippen LogP contribution in [0.5, 0.6) is 0 Å². The zero-order valence-electron chi connectivity index (χ0n) is 8.03. The van der Waals surface area contributed by atoms with Crippen molar-refractivity contribution in [1.29, 1.82) is 0 Å². The van der Waals surface area contributed by atoms with Crippen molar-refractivity contribution in [1.82, 2.24) is 10.1 Å². The van der Waals surface area contributed by atoms with Gasteiger partial charge in [0.25, 0.3) is 11.8 Å². The van der Waals surface area contributed by atoms with Crippen LogP contribution in [0.15, 0.2) is 22.7 Å². The second kappa shape index (κ2) is 2.98. The lowest BCUT2D eigenvalue weighted by Crippen LogP contribution is -1.90. The standard InChI is InChI=1S/C10H10N4O/c11-10-13-9(15-14-10)7-1-2-8-6(5-7)3-4-12-8/h1-2,5,12H,3-4H2,(H2,11,14). The van der Waals surface area contributed by atoms with Gasteiger partial charge in [-0.15, -0.1) is 0 Å². The minimum Gasteiger partial charge on any atom is -0.384 e. The number of anilines is 2. The molecule has 0 saturated heterocycles. The molecule has 0 spiro atoms. The van der Waals surface area contributed by atoms with Crippen molar-refractivity contribution in [3.05, 3.63) is 23.8 Å². The molecule has 76 valence electrons. The molecule has 1 aliphatic rings. The van der Waals surface area contributed by atoms with Crippen LogP contribution in [0.25, 0.3) is 11.5 Å². The van der Waals surface area contributed by atoms with Gasteiger partial charge in [0.1, 0.15) is 0 Å². The lowest BCUT2D eigenvalue weighted by Gasteiger charge is -2.00. The summed E-state index contributed by atoms with van der Waals surface area (Å²) in [5.41, 5.74) is 8.79. The summed E-state index contributed by atoms with van der Waals surface area (Å²) in [6.07, 6.45) is 1.03. The first kappa shape index (κ1) is 8.28. The summed E-state index contributed by atoms with van der Waals surface area (Å²) in [7, 11) is 0. The monoisotopic (exact) mass is 202 g/mol. The second-order valence-electron chi connectivity index (χ2n) is 3.51. The number of rotatable bonds is 1. The van der Waals surface area contributed by atoms with Crippen LogP contribution in [-0.2, 0) is 6.42 Å². The Bertz CT molecular complexity index is 506. The predicted molar refractivity (Wildman–Crippen MR) is 56.3 cm³/mol. The minimum atomic E-state index is 0.170. The van der Waals surface area contributed by atoms with Crippen molar-refractivity contribution < 1.29 is 4.52 Å². The lowest BCUT2D eigenvalue weighted by atomic mass is 10.1. The summed E-state index contributed by atoms with van der Waals surface area (Å²) in [6.45, 7) is 0.991. The van der Waals surface area contributed by atoms with E-state index in [1.807, 2.05) is 12.1 Å². The zero-order valence-corrected chi connectivity index (χ0v) is 8.03. The number of nitrogen functional groups attached to an aromatic ring is 1. The van der Waals surface area contributed by atoms with E-state index in [0.29, 0.717) is 5.89 Å². The smallest absolute Gasteiger partial charge is 0.261 e. The SMILES string of the molecule is Nc1noc(-c2ccc3c(c2)CCN3)n1. The van der Waals surface area contributed by atoms with Gasteiger partial charge in [0, 0.05) is 17.8 Å². The maximum absolute atomic E-state index is 5.40. The molecule has 0 bridgehead atoms. The summed E-state index contributed by atoms with van der Waals surface area (Å²) >= 11 is 0. The Balaban J connectivity index is 2.06. The first-order valence-electron chi connectivity index (χ1n) is 4.79. The maximum Gasteiger partial charge on any atom is 0.261 e. The fourth-order valence-corrected chi connectivity index (χ4v) is 1.79. The van der Waals surface area contributed by atoms with Crippen LogP contribution >= 0.6 is 0 Å². The van der Waals surface area contributed by atoms with Gasteiger partial charge in [-0.2, -0.15) is 4.98 Å². The maximum atomic E-state index is 5.40. The molecule has 5 heteroatoms. The highest BCUT2D eigenvalue weighted by Gasteiger charge is 2.13. The second-order valence-corrected chi connectivity index (χ2v) is 3.51. The highest BCUT2D eigenvalue weighted by molar-refractivity contribution is 5.65. The molecule has 0 saturated carbocycles. The van der Waals surface area contributed by atoms with Crippen LogP contribution in [0.1, 0.15) is 5.56 Å². The van der Waals surface area contributed by atoms with Gasteiger partial charge in [0.05, 0.1) is 0 Å². The largest absolute Gasteiger partial charge is 0.384 e. The molecule has 0 amide bonds. The topological polar surface area (TPSA) is 77.0 Å². The summed E-state index contributed by atoms with van der Waals surface area (Å²) in [4.78, 5) is 3.99. The Morgan fingerprint density at radius 3 is 3.13 bits per heavy atom. The molecule has 0 fully saturated rings. The third-order valence-corrected chi connectivity index (χ3v) is 2.50. The number of nitrogens with two attached hydrogens (primary N) is 1. The van der Waals surface area contributed by atoms with Crippen LogP contribution in [0.3, 0.4) is 0 Å². The molecule has 0 atom stereocenters. The average Bonchev–Trinajstić information content (AvgIpc) is 2.84. The van der Waals surface area contributed by atoms with Gasteiger partial charge in [-0.05, 0) is 35.3 Å². The van der Waals surface area contributed by atoms with E-state index in [0.717, 1.165) is 18.5 Å². The first-order chi connectivity index (χ1) is 7.33. The zero-order chi connectivity index (χ0) is 10.3. The van der Waals surface area contributed by atoms with Gasteiger partial charge in [0.2, 0.25) is 0 Å². The van der Waals surface area contributed by atoms with Gasteiger partial charge < -0.3 is 15.6 Å². The normalized spacial score (nSPS) is 13.6. The van der Waals surface area contributed by atoms with E-state index in [4.69, 9.17) is 10.3 Å². The number of aromatic nitrogens is 2. The van der Waals surface area contributed by atoms with Crippen LogP contribution < -0.4 is 11.1 Å². The van der Waals surface area contributed by atoms with Gasteiger partial charge in [-0.25, -0.2) is 0 Å². The molecule has 1 aromatic heterocycles. The van der Waals surface area contributed by atoms with E-state index in [1.165, 1.54) is 11.3 Å². The highest BCUT2D eigenvalue weighted by atomic mass is 16.5. The molecule has 2 heterocycles. The van der Waals surface area contributed by atoms with E-state index in [1.54, 1.807) is 0 Å². The Morgan fingerprint density at radius 2 is 2.33 bits per heavy atom. The number of nitrogens with zero attached hydrogens (tertiary/aromatic N) is 2. The third kappa shape index (κ3) is 1.32. The van der Waals surface area contributed by atoms with Crippen molar-refractivity contribution in [2.75, 3.05) is 17.6 Å². The van der Waals surface area contributed by atoms with Gasteiger partial charge in [0.15, 0.2) is 0 Å². The molecule has 15 heavy (non-hydrogen) atoms. The number of nitrogens with one attached hydrogen (secondary N) is 1. The quantitative estimate of drug-likeness (QED) is 0.728. The molecular weight excluding hydrogens is 192 g/mol. The van der Waals surface area contributed by atoms with Crippen LogP contribution in [0, 0.1) is 0 Å². The molecule has 2 aromatic rings. The van der Waals surface area contributed by atoms with E-state index < -0.39 is 0 Å². The Hall–Kier alpha value is -2.04. The number of benzene rings is 1. The Morgan fingerprint density at radius 1 is 1.40 bits per heavy atom. The van der Waals surface area contributed by atoms with Gasteiger partial charge in [-0.1, -0.05) is 0 Å². The fraction of sp³-hybridized carbons (Fsp3) is 0.200. The van der Waals surface area contributed by atoms with Crippen molar-refractivity contribution in [3.8, 4) is 11.5 Å².